The van der Waals surface area contributed by atoms with E-state index in [0.717, 1.165) is 28.1 Å². The molecule has 0 aliphatic rings. The van der Waals surface area contributed by atoms with Gasteiger partial charge in [0.25, 0.3) is 0 Å². The molecule has 0 fully saturated rings. The van der Waals surface area contributed by atoms with Gasteiger partial charge < -0.3 is 0 Å². The Morgan fingerprint density at radius 3 is 2.41 bits per heavy atom. The molecule has 0 unspecified atom stereocenters. The second-order valence-corrected chi connectivity index (χ2v) is 6.83. The van der Waals surface area contributed by atoms with Crippen LogP contribution in [-0.2, 0) is 0 Å². The summed E-state index contributed by atoms with van der Waals surface area (Å²) in [6.07, 6.45) is 0. The van der Waals surface area contributed by atoms with Gasteiger partial charge in [0, 0.05) is 0 Å². The Hall–Kier alpha value is -1.91. The van der Waals surface area contributed by atoms with Crippen LogP contribution in [0.15, 0.2) is 48.5 Å². The van der Waals surface area contributed by atoms with Gasteiger partial charge in [-0.25, -0.2) is 0 Å². The van der Waals surface area contributed by atoms with Gasteiger partial charge in [0.05, 0.1) is 0 Å². The Balaban J connectivity index is 1.75. The molecule has 0 amide bonds. The number of aryl methyl sites for hydroxylation is 3. The van der Waals surface area contributed by atoms with Gasteiger partial charge in [-0.05, 0) is 0 Å². The molecule has 0 bridgehead atoms. The second-order valence-electron chi connectivity index (χ2n) is 5.44. The third-order valence-corrected chi connectivity index (χ3v) is 4.88. The van der Waals surface area contributed by atoms with Crippen molar-refractivity contribution in [2.45, 2.75) is 20.8 Å². The van der Waals surface area contributed by atoms with Crippen LogP contribution in [0.25, 0.3) is 10.9 Å². The first kappa shape index (κ1) is 15.0. The van der Waals surface area contributed by atoms with Gasteiger partial charge in [0.2, 0.25) is 0 Å². The Kier molecular flexibility index (Phi) is 4.41. The fourth-order valence-corrected chi connectivity index (χ4v) is 3.68. The fourth-order valence-electron chi connectivity index (χ4n) is 2.44. The molecule has 3 rings (SSSR count). The van der Waals surface area contributed by atoms with Gasteiger partial charge in [-0.1, -0.05) is 0 Å². The zero-order valence-corrected chi connectivity index (χ0v) is 15.4. The first-order valence-electron chi connectivity index (χ1n) is 7.21. The molecule has 3 nitrogen and oxygen atoms in total. The number of nitrogens with zero attached hydrogens (tertiary/aromatic N) is 1. The average Bonchev–Trinajstić information content (AvgIpc) is 2.46. The monoisotopic (exact) mass is 348 g/mol. The molecule has 109 valence electrons. The Labute approximate surface area is 138 Å². The van der Waals surface area contributed by atoms with Gasteiger partial charge in [0.1, 0.15) is 0 Å². The molecule has 0 saturated carbocycles. The fraction of sp³-hybridized carbons (Fsp3) is 0.167. The molecule has 3 aromatic rings. The molecule has 1 radical (unpaired) electrons. The van der Waals surface area contributed by atoms with Gasteiger partial charge in [-0.2, -0.15) is 0 Å². The van der Waals surface area contributed by atoms with E-state index < -0.39 is 18.1 Å². The quantitative estimate of drug-likeness (QED) is 0.663. The summed E-state index contributed by atoms with van der Waals surface area (Å²) in [7, 11) is 0. The van der Waals surface area contributed by atoms with Gasteiger partial charge in [-0.15, -0.1) is 0 Å². The van der Waals surface area contributed by atoms with E-state index in [0.29, 0.717) is 0 Å². The summed E-state index contributed by atoms with van der Waals surface area (Å²) in [6, 6.07) is 16.3. The summed E-state index contributed by atoms with van der Waals surface area (Å²) in [5, 5.41) is 1.09. The topological polar surface area (TPSA) is 31.4 Å². The van der Waals surface area contributed by atoms with Crippen LogP contribution in [0.3, 0.4) is 0 Å². The van der Waals surface area contributed by atoms with Crippen molar-refractivity contribution in [1.29, 1.82) is 0 Å². The summed E-state index contributed by atoms with van der Waals surface area (Å²) < 4.78 is 11.8. The minimum absolute atomic E-state index is 0.811. The molecule has 1 aromatic heterocycles. The molecule has 1 heterocycles. The van der Waals surface area contributed by atoms with Gasteiger partial charge >= 0.3 is 139 Å². The molecule has 0 saturated heterocycles. The van der Waals surface area contributed by atoms with Crippen molar-refractivity contribution >= 4 is 29.0 Å². The minimum atomic E-state index is -1.32. The zero-order valence-electron chi connectivity index (χ0n) is 13.0. The maximum absolute atomic E-state index is 5.93. The van der Waals surface area contributed by atoms with Crippen molar-refractivity contribution in [3.8, 4) is 11.5 Å². The van der Waals surface area contributed by atoms with Crippen LogP contribution >= 0.6 is 0 Å². The third-order valence-electron chi connectivity index (χ3n) is 3.38. The molecule has 2 aromatic carbocycles. The Bertz CT molecular complexity index is 797. The van der Waals surface area contributed by atoms with E-state index in [-0.39, 0.29) is 0 Å². The molecule has 0 aliphatic heterocycles. The normalized spacial score (nSPS) is 10.5. The Morgan fingerprint density at radius 1 is 0.864 bits per heavy atom. The molecule has 4 heteroatoms. The van der Waals surface area contributed by atoms with Gasteiger partial charge in [0.15, 0.2) is 0 Å². The molecular formula is C18H17GaNO2. The van der Waals surface area contributed by atoms with Crippen LogP contribution in [0.5, 0.6) is 11.5 Å². The summed E-state index contributed by atoms with van der Waals surface area (Å²) in [5.41, 5.74) is 4.30. The first-order valence-corrected chi connectivity index (χ1v) is 9.19. The van der Waals surface area contributed by atoms with Crippen molar-refractivity contribution in [1.82, 2.24) is 4.98 Å². The van der Waals surface area contributed by atoms with E-state index in [4.69, 9.17) is 7.06 Å². The van der Waals surface area contributed by atoms with Crippen molar-refractivity contribution < 1.29 is 7.06 Å². The SMILES string of the molecule is Cc1cc(C)cc([O][Ga][O]c2cccc3ccc(C)nc23)c1. The number of para-hydroxylation sites is 1. The number of hydrogen-bond donors (Lipinski definition) is 0. The molecule has 0 spiro atoms. The summed E-state index contributed by atoms with van der Waals surface area (Å²) >= 11 is -1.32. The Morgan fingerprint density at radius 2 is 1.64 bits per heavy atom. The van der Waals surface area contributed by atoms with Crippen molar-refractivity contribution in [2.75, 3.05) is 0 Å². The first-order chi connectivity index (χ1) is 10.6. The van der Waals surface area contributed by atoms with Crippen LogP contribution in [-0.4, -0.2) is 23.1 Å². The van der Waals surface area contributed by atoms with Gasteiger partial charge in [-0.3, -0.25) is 0 Å². The summed E-state index contributed by atoms with van der Waals surface area (Å²) in [5.74, 6) is 1.70. The van der Waals surface area contributed by atoms with Crippen LogP contribution < -0.4 is 7.06 Å². The molecule has 0 N–H and O–H groups in total. The average molecular weight is 349 g/mol. The zero-order chi connectivity index (χ0) is 15.5. The van der Waals surface area contributed by atoms with E-state index in [1.165, 1.54) is 11.1 Å². The number of fused-ring (bicyclic) bond motifs is 1. The predicted molar refractivity (Wildman–Crippen MR) is 89.4 cm³/mol. The number of pyridine rings is 1. The maximum atomic E-state index is 5.93. The number of rotatable bonds is 4. The van der Waals surface area contributed by atoms with Crippen LogP contribution in [0.4, 0.5) is 0 Å². The number of aromatic nitrogens is 1. The van der Waals surface area contributed by atoms with Crippen molar-refractivity contribution in [3.63, 3.8) is 0 Å². The van der Waals surface area contributed by atoms with E-state index in [1.807, 2.05) is 43.3 Å². The second kappa shape index (κ2) is 6.46. The van der Waals surface area contributed by atoms with Crippen molar-refractivity contribution in [3.05, 3.63) is 65.4 Å². The predicted octanol–water partition coefficient (Wildman–Crippen LogP) is 4.15. The molecule has 0 atom stereocenters. The van der Waals surface area contributed by atoms with Crippen LogP contribution in [0.2, 0.25) is 0 Å². The molecular weight excluding hydrogens is 332 g/mol. The van der Waals surface area contributed by atoms with E-state index in [9.17, 15) is 0 Å². The number of benzene rings is 2. The number of hydrogen-bond acceptors (Lipinski definition) is 3. The van der Waals surface area contributed by atoms with E-state index >= 15 is 0 Å². The van der Waals surface area contributed by atoms with Crippen LogP contribution in [0.1, 0.15) is 16.8 Å². The van der Waals surface area contributed by atoms with E-state index in [1.54, 1.807) is 0 Å². The third kappa shape index (κ3) is 3.46. The summed E-state index contributed by atoms with van der Waals surface area (Å²) in [6.45, 7) is 6.13. The standard InChI is InChI=1S/C10H9NO.C8H10O.Ga/c1-7-5-6-8-3-2-4-9(12)10(8)11-7;1-6-3-7(2)5-8(9)4-6;/h2-6,12H,1H3;3-5,9H,1-2H3;/q;;+2/p-2. The molecule has 0 aliphatic carbocycles. The van der Waals surface area contributed by atoms with Crippen LogP contribution in [0, 0.1) is 20.8 Å². The summed E-state index contributed by atoms with van der Waals surface area (Å²) in [4.78, 5) is 4.57. The van der Waals surface area contributed by atoms with E-state index in [2.05, 4.69) is 31.0 Å². The van der Waals surface area contributed by atoms with Crippen molar-refractivity contribution in [2.24, 2.45) is 0 Å². The molecule has 22 heavy (non-hydrogen) atoms.